The summed E-state index contributed by atoms with van der Waals surface area (Å²) < 4.78 is 6.68. The standard InChI is InChI=1S/C16H19ClN4O2/c1-19-15(17)14(11-18-19)16(22)21-9-7-20(8-10-21)12-3-5-13(23-2)6-4-12/h3-6,11H,7-10H2,1-2H3. The molecule has 2 heterocycles. The van der Waals surface area contributed by atoms with Crippen LogP contribution in [-0.4, -0.2) is 53.9 Å². The molecule has 2 aromatic rings. The van der Waals surface area contributed by atoms with Gasteiger partial charge in [-0.2, -0.15) is 5.10 Å². The molecule has 1 amide bonds. The maximum absolute atomic E-state index is 12.5. The Kier molecular flexibility index (Phi) is 4.43. The Morgan fingerprint density at radius 3 is 2.35 bits per heavy atom. The van der Waals surface area contributed by atoms with Crippen molar-refractivity contribution in [2.45, 2.75) is 0 Å². The quantitative estimate of drug-likeness (QED) is 0.862. The van der Waals surface area contributed by atoms with E-state index in [0.29, 0.717) is 23.8 Å². The van der Waals surface area contributed by atoms with E-state index < -0.39 is 0 Å². The molecule has 0 aliphatic carbocycles. The van der Waals surface area contributed by atoms with Crippen LogP contribution in [0.2, 0.25) is 5.15 Å². The van der Waals surface area contributed by atoms with Gasteiger partial charge in [-0.05, 0) is 24.3 Å². The summed E-state index contributed by atoms with van der Waals surface area (Å²) in [6.45, 7) is 2.90. The van der Waals surface area contributed by atoms with Crippen LogP contribution in [0.15, 0.2) is 30.5 Å². The van der Waals surface area contributed by atoms with Gasteiger partial charge >= 0.3 is 0 Å². The van der Waals surface area contributed by atoms with Gasteiger partial charge in [-0.1, -0.05) is 11.6 Å². The number of ether oxygens (including phenoxy) is 1. The summed E-state index contributed by atoms with van der Waals surface area (Å²) in [7, 11) is 3.38. The van der Waals surface area contributed by atoms with Gasteiger partial charge in [0.25, 0.3) is 5.91 Å². The fourth-order valence-corrected chi connectivity index (χ4v) is 2.87. The van der Waals surface area contributed by atoms with Crippen molar-refractivity contribution in [1.82, 2.24) is 14.7 Å². The fraction of sp³-hybridized carbons (Fsp3) is 0.375. The van der Waals surface area contributed by atoms with Gasteiger partial charge in [0.15, 0.2) is 0 Å². The van der Waals surface area contributed by atoms with E-state index in [2.05, 4.69) is 10.00 Å². The molecule has 0 spiro atoms. The lowest BCUT2D eigenvalue weighted by Gasteiger charge is -2.36. The van der Waals surface area contributed by atoms with Gasteiger partial charge in [0.05, 0.1) is 18.9 Å². The molecule has 3 rings (SSSR count). The van der Waals surface area contributed by atoms with Gasteiger partial charge in [0.2, 0.25) is 0 Å². The van der Waals surface area contributed by atoms with Crippen LogP contribution in [0.3, 0.4) is 0 Å². The fourth-order valence-electron chi connectivity index (χ4n) is 2.70. The number of hydrogen-bond donors (Lipinski definition) is 0. The molecule has 6 nitrogen and oxygen atoms in total. The van der Waals surface area contributed by atoms with E-state index in [1.54, 1.807) is 14.2 Å². The SMILES string of the molecule is COc1ccc(N2CCN(C(=O)c3cnn(C)c3Cl)CC2)cc1. The normalized spacial score (nSPS) is 14.9. The average molecular weight is 335 g/mol. The number of carbonyl (C=O) groups is 1. The van der Waals surface area contributed by atoms with Crippen LogP contribution < -0.4 is 9.64 Å². The lowest BCUT2D eigenvalue weighted by atomic mass is 10.2. The zero-order valence-corrected chi connectivity index (χ0v) is 14.0. The first-order valence-corrected chi connectivity index (χ1v) is 7.83. The van der Waals surface area contributed by atoms with Crippen molar-refractivity contribution in [3.8, 4) is 5.75 Å². The molecule has 0 unspecified atom stereocenters. The molecule has 1 aliphatic heterocycles. The van der Waals surface area contributed by atoms with Crippen molar-refractivity contribution in [3.05, 3.63) is 41.2 Å². The summed E-state index contributed by atoms with van der Waals surface area (Å²) in [5.41, 5.74) is 1.60. The average Bonchev–Trinajstić information content (AvgIpc) is 2.94. The Hall–Kier alpha value is -2.21. The van der Waals surface area contributed by atoms with Gasteiger partial charge in [-0.3, -0.25) is 9.48 Å². The number of benzene rings is 1. The summed E-state index contributed by atoms with van der Waals surface area (Å²) in [5.74, 6) is 0.784. The number of amides is 1. The zero-order valence-electron chi connectivity index (χ0n) is 13.2. The number of nitrogens with zero attached hydrogens (tertiary/aromatic N) is 4. The minimum Gasteiger partial charge on any atom is -0.497 e. The molecule has 0 N–H and O–H groups in total. The predicted molar refractivity (Wildman–Crippen MR) is 89.3 cm³/mol. The molecule has 1 aliphatic rings. The predicted octanol–water partition coefficient (Wildman–Crippen LogP) is 2.04. The molecule has 1 saturated heterocycles. The number of rotatable bonds is 3. The second-order valence-electron chi connectivity index (χ2n) is 5.45. The summed E-state index contributed by atoms with van der Waals surface area (Å²) >= 11 is 6.11. The highest BCUT2D eigenvalue weighted by atomic mass is 35.5. The molecular weight excluding hydrogens is 316 g/mol. The topological polar surface area (TPSA) is 50.6 Å². The third-order valence-corrected chi connectivity index (χ3v) is 4.55. The summed E-state index contributed by atoms with van der Waals surface area (Å²) in [6, 6.07) is 7.97. The van der Waals surface area contributed by atoms with E-state index in [0.717, 1.165) is 24.5 Å². The van der Waals surface area contributed by atoms with E-state index >= 15 is 0 Å². The number of aryl methyl sites for hydroxylation is 1. The highest BCUT2D eigenvalue weighted by molar-refractivity contribution is 6.32. The highest BCUT2D eigenvalue weighted by Crippen LogP contribution is 2.22. The van der Waals surface area contributed by atoms with Gasteiger partial charge in [-0.25, -0.2) is 0 Å². The van der Waals surface area contributed by atoms with Crippen molar-refractivity contribution >= 4 is 23.2 Å². The summed E-state index contributed by atoms with van der Waals surface area (Å²) in [5, 5.41) is 4.41. The molecule has 7 heteroatoms. The monoisotopic (exact) mass is 334 g/mol. The molecule has 23 heavy (non-hydrogen) atoms. The number of aromatic nitrogens is 2. The Morgan fingerprint density at radius 2 is 1.83 bits per heavy atom. The molecule has 0 radical (unpaired) electrons. The van der Waals surface area contributed by atoms with Crippen LogP contribution in [-0.2, 0) is 7.05 Å². The molecule has 0 saturated carbocycles. The lowest BCUT2D eigenvalue weighted by molar-refractivity contribution is 0.0747. The molecule has 0 bridgehead atoms. The van der Waals surface area contributed by atoms with E-state index in [1.165, 1.54) is 10.9 Å². The Morgan fingerprint density at radius 1 is 1.17 bits per heavy atom. The largest absolute Gasteiger partial charge is 0.497 e. The van der Waals surface area contributed by atoms with E-state index in [1.807, 2.05) is 29.2 Å². The number of hydrogen-bond acceptors (Lipinski definition) is 4. The number of anilines is 1. The van der Waals surface area contributed by atoms with Crippen molar-refractivity contribution in [3.63, 3.8) is 0 Å². The Labute approximate surface area is 140 Å². The molecule has 0 atom stereocenters. The van der Waals surface area contributed by atoms with E-state index in [-0.39, 0.29) is 5.91 Å². The molecule has 1 aromatic carbocycles. The van der Waals surface area contributed by atoms with Gasteiger partial charge in [-0.15, -0.1) is 0 Å². The first-order chi connectivity index (χ1) is 11.1. The van der Waals surface area contributed by atoms with Crippen molar-refractivity contribution in [2.75, 3.05) is 38.2 Å². The van der Waals surface area contributed by atoms with Gasteiger partial charge < -0.3 is 14.5 Å². The molecule has 122 valence electrons. The van der Waals surface area contributed by atoms with Crippen LogP contribution in [0, 0.1) is 0 Å². The molecule has 1 fully saturated rings. The first kappa shape index (κ1) is 15.7. The highest BCUT2D eigenvalue weighted by Gasteiger charge is 2.25. The van der Waals surface area contributed by atoms with Crippen molar-refractivity contribution in [2.24, 2.45) is 7.05 Å². The number of piperazine rings is 1. The van der Waals surface area contributed by atoms with Crippen LogP contribution in [0.5, 0.6) is 5.75 Å². The number of methoxy groups -OCH3 is 1. The number of carbonyl (C=O) groups excluding carboxylic acids is 1. The zero-order chi connectivity index (χ0) is 16.4. The van der Waals surface area contributed by atoms with Crippen molar-refractivity contribution < 1.29 is 9.53 Å². The summed E-state index contributed by atoms with van der Waals surface area (Å²) in [4.78, 5) is 16.6. The number of halogens is 1. The maximum atomic E-state index is 12.5. The van der Waals surface area contributed by atoms with E-state index in [4.69, 9.17) is 16.3 Å². The smallest absolute Gasteiger partial charge is 0.258 e. The van der Waals surface area contributed by atoms with Crippen LogP contribution in [0.25, 0.3) is 0 Å². The van der Waals surface area contributed by atoms with Crippen LogP contribution in [0.4, 0.5) is 5.69 Å². The minimum absolute atomic E-state index is 0.0579. The van der Waals surface area contributed by atoms with Crippen LogP contribution in [0.1, 0.15) is 10.4 Å². The third kappa shape index (κ3) is 3.12. The Balaban J connectivity index is 1.63. The minimum atomic E-state index is -0.0579. The Bertz CT molecular complexity index is 691. The molecular formula is C16H19ClN4O2. The second kappa shape index (κ2) is 6.50. The molecule has 1 aromatic heterocycles. The third-order valence-electron chi connectivity index (χ3n) is 4.10. The van der Waals surface area contributed by atoms with E-state index in [9.17, 15) is 4.79 Å². The first-order valence-electron chi connectivity index (χ1n) is 7.46. The summed E-state index contributed by atoms with van der Waals surface area (Å²) in [6.07, 6.45) is 1.53. The van der Waals surface area contributed by atoms with Gasteiger partial charge in [0.1, 0.15) is 10.9 Å². The van der Waals surface area contributed by atoms with Gasteiger partial charge in [0, 0.05) is 38.9 Å². The maximum Gasteiger partial charge on any atom is 0.258 e. The second-order valence-corrected chi connectivity index (χ2v) is 5.81. The van der Waals surface area contributed by atoms with Crippen LogP contribution >= 0.6 is 11.6 Å². The lowest BCUT2D eigenvalue weighted by Crippen LogP contribution is -2.48. The van der Waals surface area contributed by atoms with Crippen molar-refractivity contribution in [1.29, 1.82) is 0 Å².